The van der Waals surface area contributed by atoms with Crippen molar-refractivity contribution in [2.75, 3.05) is 0 Å². The highest BCUT2D eigenvalue weighted by molar-refractivity contribution is 5.91. The molecule has 0 unspecified atom stereocenters. The van der Waals surface area contributed by atoms with Crippen LogP contribution in [0.2, 0.25) is 0 Å². The molecule has 106 valence electrons. The molecular formula is C13H21N3O3. The van der Waals surface area contributed by atoms with E-state index >= 15 is 0 Å². The summed E-state index contributed by atoms with van der Waals surface area (Å²) in [5, 5.41) is 5.00. The molecule has 19 heavy (non-hydrogen) atoms. The SMILES string of the molecule is C#CC[C@@H](NC(=O)[C@H](CC(C)C)NC(C)=O)C(N)=O. The maximum atomic E-state index is 12.0. The number of amides is 3. The van der Waals surface area contributed by atoms with Crippen molar-refractivity contribution in [3.05, 3.63) is 0 Å². The van der Waals surface area contributed by atoms with Gasteiger partial charge in [-0.2, -0.15) is 0 Å². The molecule has 0 aliphatic heterocycles. The first-order valence-corrected chi connectivity index (χ1v) is 6.08. The van der Waals surface area contributed by atoms with Crippen LogP contribution in [0.25, 0.3) is 0 Å². The number of carbonyl (C=O) groups excluding carboxylic acids is 3. The highest BCUT2D eigenvalue weighted by Gasteiger charge is 2.24. The number of hydrogen-bond donors (Lipinski definition) is 3. The van der Waals surface area contributed by atoms with E-state index in [2.05, 4.69) is 16.6 Å². The first-order chi connectivity index (χ1) is 8.77. The summed E-state index contributed by atoms with van der Waals surface area (Å²) < 4.78 is 0. The van der Waals surface area contributed by atoms with Crippen LogP contribution in [-0.2, 0) is 14.4 Å². The van der Waals surface area contributed by atoms with E-state index < -0.39 is 23.9 Å². The molecule has 0 aromatic rings. The molecule has 0 radical (unpaired) electrons. The van der Waals surface area contributed by atoms with Gasteiger partial charge in [-0.05, 0) is 12.3 Å². The molecule has 2 atom stereocenters. The molecule has 0 aliphatic rings. The molecule has 0 aromatic heterocycles. The van der Waals surface area contributed by atoms with Crippen LogP contribution in [0.3, 0.4) is 0 Å². The molecule has 0 spiro atoms. The van der Waals surface area contributed by atoms with E-state index in [1.807, 2.05) is 13.8 Å². The molecule has 0 aliphatic carbocycles. The molecule has 4 N–H and O–H groups in total. The summed E-state index contributed by atoms with van der Waals surface area (Å²) in [5.74, 6) is 1.02. The largest absolute Gasteiger partial charge is 0.368 e. The number of primary amides is 1. The van der Waals surface area contributed by atoms with Gasteiger partial charge in [0.2, 0.25) is 17.7 Å². The fourth-order valence-electron chi connectivity index (χ4n) is 1.56. The standard InChI is InChI=1S/C13H21N3O3/c1-5-6-10(12(14)18)16-13(19)11(7-8(2)3)15-9(4)17/h1,8,10-11H,6-7H2,2-4H3,(H2,14,18)(H,15,17)(H,16,19)/t10-,11+/m1/s1. The van der Waals surface area contributed by atoms with E-state index in [-0.39, 0.29) is 18.2 Å². The third-order valence-corrected chi connectivity index (χ3v) is 2.38. The Morgan fingerprint density at radius 1 is 1.21 bits per heavy atom. The molecule has 6 nitrogen and oxygen atoms in total. The van der Waals surface area contributed by atoms with E-state index in [0.29, 0.717) is 6.42 Å². The quantitative estimate of drug-likeness (QED) is 0.543. The van der Waals surface area contributed by atoms with Gasteiger partial charge in [0.15, 0.2) is 0 Å². The zero-order valence-electron chi connectivity index (χ0n) is 11.5. The van der Waals surface area contributed by atoms with Crippen LogP contribution in [0.4, 0.5) is 0 Å². The van der Waals surface area contributed by atoms with Crippen molar-refractivity contribution in [1.82, 2.24) is 10.6 Å². The van der Waals surface area contributed by atoms with Gasteiger partial charge in [0, 0.05) is 13.3 Å². The van der Waals surface area contributed by atoms with E-state index in [1.54, 1.807) is 0 Å². The Morgan fingerprint density at radius 2 is 1.79 bits per heavy atom. The van der Waals surface area contributed by atoms with E-state index in [9.17, 15) is 14.4 Å². The summed E-state index contributed by atoms with van der Waals surface area (Å²) >= 11 is 0. The molecule has 0 fully saturated rings. The van der Waals surface area contributed by atoms with Crippen molar-refractivity contribution in [2.45, 2.75) is 45.7 Å². The van der Waals surface area contributed by atoms with Crippen LogP contribution in [0, 0.1) is 18.3 Å². The first kappa shape index (κ1) is 17.0. The molecule has 0 bridgehead atoms. The predicted octanol–water partition coefficient (Wildman–Crippen LogP) is -0.469. The van der Waals surface area contributed by atoms with Gasteiger partial charge in [-0.15, -0.1) is 12.3 Å². The lowest BCUT2D eigenvalue weighted by Crippen LogP contribution is -2.52. The summed E-state index contributed by atoms with van der Waals surface area (Å²) in [4.78, 5) is 34.2. The zero-order chi connectivity index (χ0) is 15.0. The van der Waals surface area contributed by atoms with Gasteiger partial charge >= 0.3 is 0 Å². The molecule has 0 saturated carbocycles. The van der Waals surface area contributed by atoms with Crippen molar-refractivity contribution in [3.63, 3.8) is 0 Å². The molecule has 0 rings (SSSR count). The molecule has 0 saturated heterocycles. The highest BCUT2D eigenvalue weighted by atomic mass is 16.2. The van der Waals surface area contributed by atoms with Gasteiger partial charge in [0.25, 0.3) is 0 Å². The maximum Gasteiger partial charge on any atom is 0.243 e. The summed E-state index contributed by atoms with van der Waals surface area (Å²) in [6, 6.07) is -1.61. The zero-order valence-corrected chi connectivity index (χ0v) is 11.5. The van der Waals surface area contributed by atoms with E-state index in [4.69, 9.17) is 12.2 Å². The Morgan fingerprint density at radius 3 is 2.16 bits per heavy atom. The number of rotatable bonds is 7. The van der Waals surface area contributed by atoms with Crippen LogP contribution in [0.5, 0.6) is 0 Å². The van der Waals surface area contributed by atoms with Gasteiger partial charge in [-0.25, -0.2) is 0 Å². The number of nitrogens with two attached hydrogens (primary N) is 1. The van der Waals surface area contributed by atoms with E-state index in [1.165, 1.54) is 6.92 Å². The average molecular weight is 267 g/mol. The van der Waals surface area contributed by atoms with Crippen LogP contribution in [-0.4, -0.2) is 29.8 Å². The van der Waals surface area contributed by atoms with Crippen molar-refractivity contribution < 1.29 is 14.4 Å². The average Bonchev–Trinajstić information content (AvgIpc) is 2.25. The molecular weight excluding hydrogens is 246 g/mol. The molecule has 6 heteroatoms. The van der Waals surface area contributed by atoms with Crippen molar-refractivity contribution >= 4 is 17.7 Å². The highest BCUT2D eigenvalue weighted by Crippen LogP contribution is 2.05. The lowest BCUT2D eigenvalue weighted by Gasteiger charge is -2.21. The van der Waals surface area contributed by atoms with Gasteiger partial charge in [0.05, 0.1) is 0 Å². The lowest BCUT2D eigenvalue weighted by atomic mass is 10.0. The third-order valence-electron chi connectivity index (χ3n) is 2.38. The summed E-state index contributed by atoms with van der Waals surface area (Å²) in [7, 11) is 0. The van der Waals surface area contributed by atoms with Crippen LogP contribution >= 0.6 is 0 Å². The van der Waals surface area contributed by atoms with Crippen LogP contribution in [0.1, 0.15) is 33.6 Å². The minimum absolute atomic E-state index is 0.0234. The number of terminal acetylenes is 1. The molecule has 0 heterocycles. The monoisotopic (exact) mass is 267 g/mol. The summed E-state index contributed by atoms with van der Waals surface area (Å²) in [5.41, 5.74) is 5.14. The first-order valence-electron chi connectivity index (χ1n) is 6.08. The smallest absolute Gasteiger partial charge is 0.243 e. The number of hydrogen-bond acceptors (Lipinski definition) is 3. The van der Waals surface area contributed by atoms with Crippen molar-refractivity contribution in [3.8, 4) is 12.3 Å². The lowest BCUT2D eigenvalue weighted by molar-refractivity contribution is -0.131. The molecule has 3 amide bonds. The van der Waals surface area contributed by atoms with E-state index in [0.717, 1.165) is 0 Å². The second kappa shape index (κ2) is 8.14. The maximum absolute atomic E-state index is 12.0. The Labute approximate surface area is 113 Å². The summed E-state index contributed by atoms with van der Waals surface area (Å²) in [6.45, 7) is 5.18. The van der Waals surface area contributed by atoms with Crippen LogP contribution < -0.4 is 16.4 Å². The molecule has 0 aromatic carbocycles. The Bertz CT molecular complexity index is 385. The van der Waals surface area contributed by atoms with Crippen molar-refractivity contribution in [2.24, 2.45) is 11.7 Å². The topological polar surface area (TPSA) is 101 Å². The fourth-order valence-corrected chi connectivity index (χ4v) is 1.56. The summed E-state index contributed by atoms with van der Waals surface area (Å²) in [6.07, 6.45) is 5.59. The third kappa shape index (κ3) is 7.09. The second-order valence-electron chi connectivity index (χ2n) is 4.75. The second-order valence-corrected chi connectivity index (χ2v) is 4.75. The minimum atomic E-state index is -0.916. The Hall–Kier alpha value is -2.03. The minimum Gasteiger partial charge on any atom is -0.368 e. The predicted molar refractivity (Wildman–Crippen MR) is 71.6 cm³/mol. The number of carbonyl (C=O) groups is 3. The Balaban J connectivity index is 4.74. The van der Waals surface area contributed by atoms with Gasteiger partial charge in [-0.1, -0.05) is 13.8 Å². The normalized spacial score (nSPS) is 13.2. The van der Waals surface area contributed by atoms with Gasteiger partial charge in [0.1, 0.15) is 12.1 Å². The Kier molecular flexibility index (Phi) is 7.27. The van der Waals surface area contributed by atoms with Gasteiger partial charge in [-0.3, -0.25) is 14.4 Å². The van der Waals surface area contributed by atoms with Gasteiger partial charge < -0.3 is 16.4 Å². The van der Waals surface area contributed by atoms with Crippen molar-refractivity contribution in [1.29, 1.82) is 0 Å². The fraction of sp³-hybridized carbons (Fsp3) is 0.615. The van der Waals surface area contributed by atoms with Crippen LogP contribution in [0.15, 0.2) is 0 Å². The number of nitrogens with one attached hydrogen (secondary N) is 2.